The van der Waals surface area contributed by atoms with Crippen molar-refractivity contribution in [3.63, 3.8) is 0 Å². The van der Waals surface area contributed by atoms with E-state index in [-0.39, 0.29) is 5.92 Å². The van der Waals surface area contributed by atoms with Crippen LogP contribution in [-0.2, 0) is 4.79 Å². The van der Waals surface area contributed by atoms with Gasteiger partial charge in [-0.05, 0) is 5.92 Å². The minimum Gasteiger partial charge on any atom is -0.481 e. The van der Waals surface area contributed by atoms with Crippen molar-refractivity contribution in [2.24, 2.45) is 11.8 Å². The molecule has 0 bridgehead atoms. The lowest BCUT2D eigenvalue weighted by molar-refractivity contribution is -0.140. The molecule has 64 valence electrons. The zero-order chi connectivity index (χ0) is 8.85. The Bertz CT molecular complexity index is 141. The summed E-state index contributed by atoms with van der Waals surface area (Å²) in [7, 11) is 0. The van der Waals surface area contributed by atoms with Crippen LogP contribution in [-0.4, -0.2) is 17.3 Å². The van der Waals surface area contributed by atoms with Gasteiger partial charge in [-0.1, -0.05) is 26.7 Å². The number of carboxylic acids is 1. The molecule has 0 saturated carbocycles. The number of rotatable bonds is 5. The standard InChI is InChI=1S/C8H15NO2/c1-3-6(4-2)7(5-9)8(10)11/h5-7,9H,3-4H2,1-2H3,(H,10,11). The first-order valence-corrected chi connectivity index (χ1v) is 3.90. The molecule has 0 aliphatic carbocycles. The number of aliphatic carboxylic acids is 1. The van der Waals surface area contributed by atoms with Crippen molar-refractivity contribution in [1.29, 1.82) is 5.41 Å². The maximum absolute atomic E-state index is 10.5. The normalized spacial score (nSPS) is 13.0. The fourth-order valence-electron chi connectivity index (χ4n) is 1.21. The summed E-state index contributed by atoms with van der Waals surface area (Å²) < 4.78 is 0. The van der Waals surface area contributed by atoms with Crippen molar-refractivity contribution in [2.75, 3.05) is 0 Å². The Morgan fingerprint density at radius 3 is 2.09 bits per heavy atom. The Kier molecular flexibility index (Phi) is 4.50. The summed E-state index contributed by atoms with van der Waals surface area (Å²) in [5.74, 6) is -1.36. The Morgan fingerprint density at radius 1 is 1.55 bits per heavy atom. The van der Waals surface area contributed by atoms with Gasteiger partial charge in [0, 0.05) is 6.21 Å². The first kappa shape index (κ1) is 10.1. The number of nitrogens with one attached hydrogen (secondary N) is 1. The number of hydrogen-bond donors (Lipinski definition) is 2. The van der Waals surface area contributed by atoms with Crippen molar-refractivity contribution in [3.05, 3.63) is 0 Å². The van der Waals surface area contributed by atoms with Crippen molar-refractivity contribution >= 4 is 12.2 Å². The Morgan fingerprint density at radius 2 is 2.00 bits per heavy atom. The summed E-state index contributed by atoms with van der Waals surface area (Å²) in [6.45, 7) is 3.90. The van der Waals surface area contributed by atoms with Crippen LogP contribution in [0.4, 0.5) is 0 Å². The lowest BCUT2D eigenvalue weighted by atomic mass is 9.89. The second-order valence-corrected chi connectivity index (χ2v) is 2.61. The molecule has 0 spiro atoms. The van der Waals surface area contributed by atoms with E-state index in [2.05, 4.69) is 0 Å². The molecule has 1 unspecified atom stereocenters. The van der Waals surface area contributed by atoms with Gasteiger partial charge in [0.05, 0.1) is 5.92 Å². The van der Waals surface area contributed by atoms with E-state index >= 15 is 0 Å². The molecule has 11 heavy (non-hydrogen) atoms. The summed E-state index contributed by atoms with van der Waals surface area (Å²) >= 11 is 0. The topological polar surface area (TPSA) is 61.2 Å². The molecule has 0 aromatic rings. The molecule has 0 aliphatic heterocycles. The minimum atomic E-state index is -0.881. The highest BCUT2D eigenvalue weighted by molar-refractivity contribution is 5.87. The monoisotopic (exact) mass is 157 g/mol. The fourth-order valence-corrected chi connectivity index (χ4v) is 1.21. The summed E-state index contributed by atoms with van der Waals surface area (Å²) in [5, 5.41) is 15.6. The van der Waals surface area contributed by atoms with Crippen molar-refractivity contribution in [1.82, 2.24) is 0 Å². The van der Waals surface area contributed by atoms with Crippen LogP contribution in [0.25, 0.3) is 0 Å². The zero-order valence-electron chi connectivity index (χ0n) is 7.00. The van der Waals surface area contributed by atoms with Gasteiger partial charge in [0.15, 0.2) is 0 Å². The average Bonchev–Trinajstić information content (AvgIpc) is 1.99. The molecule has 3 nitrogen and oxygen atoms in total. The smallest absolute Gasteiger partial charge is 0.312 e. The van der Waals surface area contributed by atoms with Crippen LogP contribution < -0.4 is 0 Å². The number of hydrogen-bond acceptors (Lipinski definition) is 2. The first-order valence-electron chi connectivity index (χ1n) is 3.90. The molecule has 0 fully saturated rings. The van der Waals surface area contributed by atoms with Gasteiger partial charge in [-0.25, -0.2) is 0 Å². The summed E-state index contributed by atoms with van der Waals surface area (Å²) in [6, 6.07) is 0. The zero-order valence-corrected chi connectivity index (χ0v) is 7.00. The fraction of sp³-hybridized carbons (Fsp3) is 0.750. The molecule has 0 heterocycles. The molecule has 3 heteroatoms. The van der Waals surface area contributed by atoms with Gasteiger partial charge in [-0.15, -0.1) is 0 Å². The van der Waals surface area contributed by atoms with Crippen LogP contribution in [0, 0.1) is 17.2 Å². The second kappa shape index (κ2) is 4.88. The van der Waals surface area contributed by atoms with E-state index in [1.807, 2.05) is 13.8 Å². The summed E-state index contributed by atoms with van der Waals surface area (Å²) in [5.41, 5.74) is 0. The van der Waals surface area contributed by atoms with E-state index in [1.54, 1.807) is 0 Å². The highest BCUT2D eigenvalue weighted by Gasteiger charge is 2.22. The molecular formula is C8H15NO2. The third-order valence-corrected chi connectivity index (χ3v) is 2.02. The molecular weight excluding hydrogens is 142 g/mol. The predicted molar refractivity (Wildman–Crippen MR) is 44.0 cm³/mol. The van der Waals surface area contributed by atoms with Crippen LogP contribution in [0.1, 0.15) is 26.7 Å². The molecule has 0 aliphatic rings. The second-order valence-electron chi connectivity index (χ2n) is 2.61. The van der Waals surface area contributed by atoms with Crippen molar-refractivity contribution < 1.29 is 9.90 Å². The molecule has 1 atom stereocenters. The van der Waals surface area contributed by atoms with E-state index in [1.165, 1.54) is 0 Å². The van der Waals surface area contributed by atoms with Crippen molar-refractivity contribution in [2.45, 2.75) is 26.7 Å². The van der Waals surface area contributed by atoms with Crippen LogP contribution in [0.2, 0.25) is 0 Å². The van der Waals surface area contributed by atoms with Crippen LogP contribution in [0.5, 0.6) is 0 Å². The van der Waals surface area contributed by atoms with E-state index < -0.39 is 11.9 Å². The van der Waals surface area contributed by atoms with E-state index in [0.29, 0.717) is 0 Å². The summed E-state index contributed by atoms with van der Waals surface area (Å²) in [4.78, 5) is 10.5. The molecule has 0 aromatic heterocycles. The average molecular weight is 157 g/mol. The Labute approximate surface area is 66.9 Å². The van der Waals surface area contributed by atoms with Gasteiger partial charge in [-0.3, -0.25) is 4.79 Å². The maximum Gasteiger partial charge on any atom is 0.312 e. The minimum absolute atomic E-state index is 0.116. The third kappa shape index (κ3) is 2.70. The van der Waals surface area contributed by atoms with Gasteiger partial charge in [0.2, 0.25) is 0 Å². The van der Waals surface area contributed by atoms with Crippen molar-refractivity contribution in [3.8, 4) is 0 Å². The molecule has 0 rings (SSSR count). The van der Waals surface area contributed by atoms with E-state index in [9.17, 15) is 4.79 Å². The highest BCUT2D eigenvalue weighted by atomic mass is 16.4. The molecule has 0 radical (unpaired) electrons. The first-order chi connectivity index (χ1) is 5.17. The quantitative estimate of drug-likeness (QED) is 0.597. The Balaban J connectivity index is 4.20. The molecule has 2 N–H and O–H groups in total. The van der Waals surface area contributed by atoms with E-state index in [0.717, 1.165) is 19.1 Å². The van der Waals surface area contributed by atoms with Gasteiger partial charge >= 0.3 is 5.97 Å². The summed E-state index contributed by atoms with van der Waals surface area (Å²) in [6.07, 6.45) is 2.67. The molecule has 0 aromatic carbocycles. The third-order valence-electron chi connectivity index (χ3n) is 2.02. The highest BCUT2D eigenvalue weighted by Crippen LogP contribution is 2.17. The van der Waals surface area contributed by atoms with Crippen LogP contribution in [0.15, 0.2) is 0 Å². The lowest BCUT2D eigenvalue weighted by Gasteiger charge is -2.16. The van der Waals surface area contributed by atoms with E-state index in [4.69, 9.17) is 10.5 Å². The van der Waals surface area contributed by atoms with Crippen LogP contribution >= 0.6 is 0 Å². The van der Waals surface area contributed by atoms with Gasteiger partial charge < -0.3 is 10.5 Å². The molecule has 0 amide bonds. The van der Waals surface area contributed by atoms with Gasteiger partial charge in [0.25, 0.3) is 0 Å². The maximum atomic E-state index is 10.5. The van der Waals surface area contributed by atoms with Crippen LogP contribution in [0.3, 0.4) is 0 Å². The predicted octanol–water partition coefficient (Wildman–Crippen LogP) is 1.77. The SMILES string of the molecule is CCC(CC)C(C=N)C(=O)O. The van der Waals surface area contributed by atoms with Gasteiger partial charge in [0.1, 0.15) is 0 Å². The lowest BCUT2D eigenvalue weighted by Crippen LogP contribution is -2.23. The Hall–Kier alpha value is -0.860. The number of carbonyl (C=O) groups is 1. The van der Waals surface area contributed by atoms with Gasteiger partial charge in [-0.2, -0.15) is 0 Å². The molecule has 0 saturated heterocycles. The number of carboxylic acid groups (broad SMARTS) is 1. The largest absolute Gasteiger partial charge is 0.481 e.